The SMILES string of the molecule is CC(COC(=O)OC(C)(C)C)C(c1ccc(OC(=O)CC(C)(C)C)c(OC(=O)CC(C)(C)C)c1)[C@H](N)C(=O)O. The van der Waals surface area contributed by atoms with Gasteiger partial charge in [0.1, 0.15) is 11.6 Å². The highest BCUT2D eigenvalue weighted by Gasteiger charge is 2.33. The number of esters is 2. The Morgan fingerprint density at radius 2 is 1.33 bits per heavy atom. The lowest BCUT2D eigenvalue weighted by molar-refractivity contribution is -0.139. The molecule has 0 saturated carbocycles. The minimum absolute atomic E-state index is 0.0237. The number of hydrogen-bond donors (Lipinski definition) is 2. The van der Waals surface area contributed by atoms with Crippen molar-refractivity contribution in [1.82, 2.24) is 0 Å². The van der Waals surface area contributed by atoms with Gasteiger partial charge in [-0.25, -0.2) is 4.79 Å². The van der Waals surface area contributed by atoms with Crippen LogP contribution in [0, 0.1) is 16.7 Å². The molecule has 0 fully saturated rings. The Bertz CT molecular complexity index is 1030. The number of ether oxygens (including phenoxy) is 4. The third-order valence-electron chi connectivity index (χ3n) is 5.29. The van der Waals surface area contributed by atoms with Crippen LogP contribution < -0.4 is 15.2 Å². The zero-order valence-corrected chi connectivity index (χ0v) is 24.9. The molecule has 39 heavy (non-hydrogen) atoms. The van der Waals surface area contributed by atoms with Crippen molar-refractivity contribution < 1.29 is 43.2 Å². The Hall–Kier alpha value is -3.14. The third kappa shape index (κ3) is 13.0. The number of nitrogens with two attached hydrogens (primary N) is 1. The summed E-state index contributed by atoms with van der Waals surface area (Å²) >= 11 is 0. The fourth-order valence-electron chi connectivity index (χ4n) is 3.71. The summed E-state index contributed by atoms with van der Waals surface area (Å²) in [5.41, 5.74) is 5.01. The second-order valence-corrected chi connectivity index (χ2v) is 13.3. The van der Waals surface area contributed by atoms with Gasteiger partial charge in [0.05, 0.1) is 19.4 Å². The largest absolute Gasteiger partial charge is 0.508 e. The van der Waals surface area contributed by atoms with Gasteiger partial charge in [0.25, 0.3) is 0 Å². The molecule has 10 nitrogen and oxygen atoms in total. The molecule has 0 aliphatic rings. The summed E-state index contributed by atoms with van der Waals surface area (Å²) in [7, 11) is 0. The predicted molar refractivity (Wildman–Crippen MR) is 146 cm³/mol. The average Bonchev–Trinajstić information content (AvgIpc) is 2.70. The Morgan fingerprint density at radius 3 is 1.77 bits per heavy atom. The first-order chi connectivity index (χ1) is 17.6. The fourth-order valence-corrected chi connectivity index (χ4v) is 3.71. The molecule has 0 saturated heterocycles. The summed E-state index contributed by atoms with van der Waals surface area (Å²) in [5.74, 6) is -3.77. The van der Waals surface area contributed by atoms with Gasteiger partial charge in [-0.1, -0.05) is 54.5 Å². The van der Waals surface area contributed by atoms with Gasteiger partial charge in [-0.3, -0.25) is 14.4 Å². The van der Waals surface area contributed by atoms with E-state index in [2.05, 4.69) is 0 Å². The van der Waals surface area contributed by atoms with Crippen LogP contribution >= 0.6 is 0 Å². The summed E-state index contributed by atoms with van der Waals surface area (Å²) in [4.78, 5) is 49.2. The molecular formula is C29H45NO9. The van der Waals surface area contributed by atoms with Crippen molar-refractivity contribution >= 4 is 24.1 Å². The zero-order chi connectivity index (χ0) is 30.3. The van der Waals surface area contributed by atoms with Crippen molar-refractivity contribution in [3.63, 3.8) is 0 Å². The molecule has 2 unspecified atom stereocenters. The van der Waals surface area contributed by atoms with Crippen LogP contribution in [0.1, 0.15) is 93.6 Å². The summed E-state index contributed by atoms with van der Waals surface area (Å²) < 4.78 is 21.5. The van der Waals surface area contributed by atoms with E-state index in [1.165, 1.54) is 12.1 Å². The summed E-state index contributed by atoms with van der Waals surface area (Å²) in [6.45, 7) is 17.9. The molecular weight excluding hydrogens is 506 g/mol. The first kappa shape index (κ1) is 33.9. The lowest BCUT2D eigenvalue weighted by Gasteiger charge is -2.28. The predicted octanol–water partition coefficient (Wildman–Crippen LogP) is 5.45. The molecule has 0 aliphatic carbocycles. The molecule has 1 aromatic rings. The smallest absolute Gasteiger partial charge is 0.480 e. The van der Waals surface area contributed by atoms with E-state index in [0.717, 1.165) is 0 Å². The highest BCUT2D eigenvalue weighted by Crippen LogP contribution is 2.37. The lowest BCUT2D eigenvalue weighted by Crippen LogP contribution is -2.41. The summed E-state index contributed by atoms with van der Waals surface area (Å²) in [5, 5.41) is 9.70. The van der Waals surface area contributed by atoms with Gasteiger partial charge in [-0.05, 0) is 55.2 Å². The van der Waals surface area contributed by atoms with Gasteiger partial charge in [-0.2, -0.15) is 0 Å². The average molecular weight is 552 g/mol. The third-order valence-corrected chi connectivity index (χ3v) is 5.29. The van der Waals surface area contributed by atoms with Crippen molar-refractivity contribution in [2.24, 2.45) is 22.5 Å². The molecule has 10 heteroatoms. The van der Waals surface area contributed by atoms with Gasteiger partial charge in [-0.15, -0.1) is 0 Å². The number of benzene rings is 1. The van der Waals surface area contributed by atoms with Crippen LogP contribution in [-0.2, 0) is 23.9 Å². The van der Waals surface area contributed by atoms with Crippen LogP contribution in [0.4, 0.5) is 4.79 Å². The van der Waals surface area contributed by atoms with Crippen LogP contribution in [0.15, 0.2) is 18.2 Å². The van der Waals surface area contributed by atoms with E-state index in [-0.39, 0.29) is 41.8 Å². The molecule has 1 aromatic carbocycles. The van der Waals surface area contributed by atoms with E-state index in [1.54, 1.807) is 33.8 Å². The Morgan fingerprint density at radius 1 is 0.846 bits per heavy atom. The van der Waals surface area contributed by atoms with Crippen LogP contribution in [0.5, 0.6) is 11.5 Å². The normalized spacial score (nSPS) is 14.5. The zero-order valence-electron chi connectivity index (χ0n) is 24.9. The molecule has 0 bridgehead atoms. The molecule has 3 N–H and O–H groups in total. The van der Waals surface area contributed by atoms with Crippen molar-refractivity contribution in [3.05, 3.63) is 23.8 Å². The Labute approximate surface area is 231 Å². The molecule has 0 aliphatic heterocycles. The number of carbonyl (C=O) groups is 4. The maximum absolute atomic E-state index is 12.7. The highest BCUT2D eigenvalue weighted by atomic mass is 16.7. The minimum atomic E-state index is -1.38. The lowest BCUT2D eigenvalue weighted by atomic mass is 9.82. The van der Waals surface area contributed by atoms with E-state index in [9.17, 15) is 24.3 Å². The number of carboxylic acid groups (broad SMARTS) is 1. The number of carboxylic acids is 1. The molecule has 220 valence electrons. The van der Waals surface area contributed by atoms with E-state index in [1.807, 2.05) is 41.5 Å². The maximum atomic E-state index is 12.7. The molecule has 0 spiro atoms. The first-order valence-electron chi connectivity index (χ1n) is 13.0. The first-order valence-corrected chi connectivity index (χ1v) is 13.0. The summed E-state index contributed by atoms with van der Waals surface area (Å²) in [6, 6.07) is 3.06. The highest BCUT2D eigenvalue weighted by molar-refractivity contribution is 5.78. The quantitative estimate of drug-likeness (QED) is 0.283. The van der Waals surface area contributed by atoms with Crippen LogP contribution in [0.2, 0.25) is 0 Å². The number of carbonyl (C=O) groups excluding carboxylic acids is 3. The molecule has 0 amide bonds. The Kier molecular flexibility index (Phi) is 11.5. The van der Waals surface area contributed by atoms with E-state index in [0.29, 0.717) is 5.56 Å². The maximum Gasteiger partial charge on any atom is 0.508 e. The van der Waals surface area contributed by atoms with Crippen LogP contribution in [-0.4, -0.2) is 47.4 Å². The van der Waals surface area contributed by atoms with Crippen molar-refractivity contribution in [3.8, 4) is 11.5 Å². The van der Waals surface area contributed by atoms with Crippen molar-refractivity contribution in [1.29, 1.82) is 0 Å². The molecule has 0 radical (unpaired) electrons. The van der Waals surface area contributed by atoms with Crippen molar-refractivity contribution in [2.75, 3.05) is 6.61 Å². The van der Waals surface area contributed by atoms with E-state index >= 15 is 0 Å². The van der Waals surface area contributed by atoms with Gasteiger partial charge < -0.3 is 29.8 Å². The van der Waals surface area contributed by atoms with Gasteiger partial charge >= 0.3 is 24.1 Å². The number of aliphatic carboxylic acids is 1. The number of hydrogen-bond acceptors (Lipinski definition) is 9. The van der Waals surface area contributed by atoms with Crippen molar-refractivity contribution in [2.45, 2.75) is 99.6 Å². The monoisotopic (exact) mass is 551 g/mol. The van der Waals surface area contributed by atoms with Gasteiger partial charge in [0, 0.05) is 5.92 Å². The topological polar surface area (TPSA) is 151 Å². The van der Waals surface area contributed by atoms with Crippen LogP contribution in [0.3, 0.4) is 0 Å². The second-order valence-electron chi connectivity index (χ2n) is 13.3. The minimum Gasteiger partial charge on any atom is -0.480 e. The van der Waals surface area contributed by atoms with E-state index in [4.69, 9.17) is 24.7 Å². The second kappa shape index (κ2) is 13.3. The number of rotatable bonds is 10. The Balaban J connectivity index is 3.40. The van der Waals surface area contributed by atoms with Gasteiger partial charge in [0.15, 0.2) is 11.5 Å². The molecule has 3 atom stereocenters. The summed E-state index contributed by atoms with van der Waals surface area (Å²) in [6.07, 6.45) is -0.685. The standard InChI is InChI=1S/C29H45NO9/c1-17(16-36-26(35)39-29(8,9)10)23(24(30)25(33)34)18-11-12-19(37-21(31)14-27(2,3)4)20(13-18)38-22(32)15-28(5,6)7/h11-13,17,23-24H,14-16,30H2,1-10H3,(H,33,34)/t17?,23?,24-/m0/s1. The molecule has 0 heterocycles. The van der Waals surface area contributed by atoms with Crippen LogP contribution in [0.25, 0.3) is 0 Å². The molecule has 0 aromatic heterocycles. The molecule has 1 rings (SSSR count). The fraction of sp³-hybridized carbons (Fsp3) is 0.655. The van der Waals surface area contributed by atoms with E-state index < -0.39 is 47.5 Å². The van der Waals surface area contributed by atoms with Gasteiger partial charge in [0.2, 0.25) is 0 Å².